The predicted molar refractivity (Wildman–Crippen MR) is 84.6 cm³/mol. The Hall–Kier alpha value is -1.65. The molecule has 2 rings (SSSR count). The van der Waals surface area contributed by atoms with Gasteiger partial charge in [-0.05, 0) is 39.1 Å². The number of carbonyl (C=O) groups is 1. The van der Waals surface area contributed by atoms with Gasteiger partial charge in [0.15, 0.2) is 0 Å². The van der Waals surface area contributed by atoms with Gasteiger partial charge in [0.1, 0.15) is 10.8 Å². The number of benzene rings is 1. The number of halogens is 1. The summed E-state index contributed by atoms with van der Waals surface area (Å²) < 4.78 is 0. The number of carbonyl (C=O) groups excluding carboxylic acids is 1. The van der Waals surface area contributed by atoms with Gasteiger partial charge >= 0.3 is 0 Å². The maximum Gasteiger partial charge on any atom is 0.270 e. The number of fused-ring (bicyclic) bond motifs is 1. The molecule has 0 spiro atoms. The molecule has 112 valence electrons. The minimum atomic E-state index is -1.07. The first kappa shape index (κ1) is 15.7. The molecule has 0 fully saturated rings. The summed E-state index contributed by atoms with van der Waals surface area (Å²) in [4.78, 5) is 16.5. The Balaban J connectivity index is 2.37. The van der Waals surface area contributed by atoms with Crippen molar-refractivity contribution < 1.29 is 9.90 Å². The van der Waals surface area contributed by atoms with Crippen LogP contribution in [0, 0.1) is 0 Å². The van der Waals surface area contributed by atoms with Gasteiger partial charge in [-0.25, -0.2) is 4.98 Å². The van der Waals surface area contributed by atoms with Crippen LogP contribution >= 0.6 is 11.6 Å². The molecule has 21 heavy (non-hydrogen) atoms. The third-order valence-corrected chi connectivity index (χ3v) is 4.17. The van der Waals surface area contributed by atoms with Gasteiger partial charge in [0, 0.05) is 5.39 Å². The van der Waals surface area contributed by atoms with Crippen LogP contribution in [0.2, 0.25) is 5.15 Å². The number of hydrogen-bond donors (Lipinski definition) is 2. The summed E-state index contributed by atoms with van der Waals surface area (Å²) in [5, 5.41) is 14.8. The fourth-order valence-corrected chi connectivity index (χ4v) is 2.04. The minimum Gasteiger partial charge on any atom is -0.388 e. The van der Waals surface area contributed by atoms with E-state index in [4.69, 9.17) is 11.6 Å². The summed E-state index contributed by atoms with van der Waals surface area (Å²) in [5.74, 6) is -0.366. The molecule has 5 heteroatoms. The molecule has 2 aromatic rings. The van der Waals surface area contributed by atoms with Crippen molar-refractivity contribution in [3.63, 3.8) is 0 Å². The summed E-state index contributed by atoms with van der Waals surface area (Å²) in [6, 6.07) is 9.17. The van der Waals surface area contributed by atoms with Crippen LogP contribution in [0.3, 0.4) is 0 Å². The number of hydrogen-bond acceptors (Lipinski definition) is 3. The first-order valence-electron chi connectivity index (χ1n) is 6.72. The average Bonchev–Trinajstić information content (AvgIpc) is 2.36. The van der Waals surface area contributed by atoms with Gasteiger partial charge in [-0.2, -0.15) is 0 Å². The topological polar surface area (TPSA) is 62.2 Å². The second-order valence-corrected chi connectivity index (χ2v) is 6.52. The van der Waals surface area contributed by atoms with Crippen molar-refractivity contribution in [2.24, 2.45) is 0 Å². The third kappa shape index (κ3) is 3.17. The molecule has 1 heterocycles. The van der Waals surface area contributed by atoms with Gasteiger partial charge < -0.3 is 10.4 Å². The molecule has 2 N–H and O–H groups in total. The van der Waals surface area contributed by atoms with Crippen molar-refractivity contribution in [3.8, 4) is 0 Å². The van der Waals surface area contributed by atoms with E-state index in [1.165, 1.54) is 0 Å². The van der Waals surface area contributed by atoms with E-state index in [1.807, 2.05) is 24.3 Å². The lowest BCUT2D eigenvalue weighted by Crippen LogP contribution is -2.57. The largest absolute Gasteiger partial charge is 0.388 e. The molecule has 0 radical (unpaired) electrons. The van der Waals surface area contributed by atoms with Crippen LogP contribution in [0.5, 0.6) is 0 Å². The van der Waals surface area contributed by atoms with E-state index in [2.05, 4.69) is 10.3 Å². The molecule has 1 aromatic carbocycles. The first-order chi connectivity index (χ1) is 9.62. The predicted octanol–water partition coefficient (Wildman–Crippen LogP) is 3.17. The Kier molecular flexibility index (Phi) is 3.95. The highest BCUT2D eigenvalue weighted by Crippen LogP contribution is 2.24. The standard InChI is InChI=1S/C16H19ClN2O2/c1-15(2,16(3,4)21)19-14(20)12-9-10-7-5-6-8-11(10)13(17)18-12/h5-9,21H,1-4H3,(H,19,20). The zero-order chi connectivity index (χ0) is 15.8. The fraction of sp³-hybridized carbons (Fsp3) is 0.375. The van der Waals surface area contributed by atoms with Crippen LogP contribution in [0.25, 0.3) is 10.8 Å². The van der Waals surface area contributed by atoms with Crippen molar-refractivity contribution >= 4 is 28.3 Å². The lowest BCUT2D eigenvalue weighted by atomic mass is 9.86. The molecule has 4 nitrogen and oxygen atoms in total. The highest BCUT2D eigenvalue weighted by atomic mass is 35.5. The van der Waals surface area contributed by atoms with Gasteiger partial charge in [-0.1, -0.05) is 35.9 Å². The van der Waals surface area contributed by atoms with Gasteiger partial charge in [-0.15, -0.1) is 0 Å². The summed E-state index contributed by atoms with van der Waals surface area (Å²) in [7, 11) is 0. The molecule has 0 saturated heterocycles. The summed E-state index contributed by atoms with van der Waals surface area (Å²) in [6.07, 6.45) is 0. The molecule has 0 bridgehead atoms. The van der Waals surface area contributed by atoms with E-state index in [0.29, 0.717) is 5.15 Å². The molecule has 0 aliphatic heterocycles. The van der Waals surface area contributed by atoms with Gasteiger partial charge in [-0.3, -0.25) is 4.79 Å². The van der Waals surface area contributed by atoms with Crippen LogP contribution in [-0.2, 0) is 0 Å². The van der Waals surface area contributed by atoms with Crippen LogP contribution in [0.4, 0.5) is 0 Å². The van der Waals surface area contributed by atoms with Crippen molar-refractivity contribution in [3.05, 3.63) is 41.2 Å². The van der Waals surface area contributed by atoms with Gasteiger partial charge in [0.2, 0.25) is 0 Å². The molecule has 1 aromatic heterocycles. The summed E-state index contributed by atoms with van der Waals surface area (Å²) in [5.41, 5.74) is -1.64. The maximum absolute atomic E-state index is 12.4. The van der Waals surface area contributed by atoms with Crippen LogP contribution < -0.4 is 5.32 Å². The molecule has 0 aliphatic rings. The quantitative estimate of drug-likeness (QED) is 0.856. The minimum absolute atomic E-state index is 0.232. The normalized spacial score (nSPS) is 12.5. The fourth-order valence-electron chi connectivity index (χ4n) is 1.77. The third-order valence-electron chi connectivity index (χ3n) is 3.88. The molecular weight excluding hydrogens is 288 g/mol. The molecule has 0 saturated carbocycles. The molecule has 0 aliphatic carbocycles. The van der Waals surface area contributed by atoms with E-state index in [0.717, 1.165) is 10.8 Å². The van der Waals surface area contributed by atoms with E-state index >= 15 is 0 Å². The molecule has 1 amide bonds. The Labute approximate surface area is 129 Å². The van der Waals surface area contributed by atoms with Gasteiger partial charge in [0.05, 0.1) is 11.1 Å². The van der Waals surface area contributed by atoms with Crippen molar-refractivity contribution in [1.82, 2.24) is 10.3 Å². The SMILES string of the molecule is CC(C)(O)C(C)(C)NC(=O)c1cc2ccccc2c(Cl)n1. The number of nitrogens with one attached hydrogen (secondary N) is 1. The van der Waals surface area contributed by atoms with Gasteiger partial charge in [0.25, 0.3) is 5.91 Å². The van der Waals surface area contributed by atoms with Crippen LogP contribution in [0.15, 0.2) is 30.3 Å². The lowest BCUT2D eigenvalue weighted by Gasteiger charge is -2.37. The number of aromatic nitrogens is 1. The smallest absolute Gasteiger partial charge is 0.270 e. The Bertz CT molecular complexity index is 690. The average molecular weight is 307 g/mol. The zero-order valence-corrected chi connectivity index (χ0v) is 13.3. The van der Waals surface area contributed by atoms with E-state index in [1.54, 1.807) is 33.8 Å². The maximum atomic E-state index is 12.4. The summed E-state index contributed by atoms with van der Waals surface area (Å²) in [6.45, 7) is 6.81. The number of aliphatic hydroxyl groups is 1. The highest BCUT2D eigenvalue weighted by molar-refractivity contribution is 6.34. The highest BCUT2D eigenvalue weighted by Gasteiger charge is 2.36. The lowest BCUT2D eigenvalue weighted by molar-refractivity contribution is -0.00301. The Morgan fingerprint density at radius 2 is 1.86 bits per heavy atom. The van der Waals surface area contributed by atoms with E-state index in [9.17, 15) is 9.90 Å². The monoisotopic (exact) mass is 306 g/mol. The number of nitrogens with zero attached hydrogens (tertiary/aromatic N) is 1. The number of rotatable bonds is 3. The number of pyridine rings is 1. The van der Waals surface area contributed by atoms with Crippen molar-refractivity contribution in [1.29, 1.82) is 0 Å². The zero-order valence-electron chi connectivity index (χ0n) is 12.6. The molecular formula is C16H19ClN2O2. The summed E-state index contributed by atoms with van der Waals surface area (Å²) >= 11 is 6.13. The number of amides is 1. The van der Waals surface area contributed by atoms with Crippen molar-refractivity contribution in [2.75, 3.05) is 0 Å². The Morgan fingerprint density at radius 1 is 1.24 bits per heavy atom. The molecule has 0 unspecified atom stereocenters. The van der Waals surface area contributed by atoms with E-state index < -0.39 is 11.1 Å². The Morgan fingerprint density at radius 3 is 2.48 bits per heavy atom. The second-order valence-electron chi connectivity index (χ2n) is 6.16. The molecule has 0 atom stereocenters. The van der Waals surface area contributed by atoms with Crippen LogP contribution in [0.1, 0.15) is 38.2 Å². The van der Waals surface area contributed by atoms with Crippen molar-refractivity contribution in [2.45, 2.75) is 38.8 Å². The second kappa shape index (κ2) is 5.28. The van der Waals surface area contributed by atoms with E-state index in [-0.39, 0.29) is 11.6 Å². The van der Waals surface area contributed by atoms with Crippen LogP contribution in [-0.4, -0.2) is 27.1 Å². The first-order valence-corrected chi connectivity index (χ1v) is 7.10.